The van der Waals surface area contributed by atoms with E-state index in [9.17, 15) is 4.79 Å². The van der Waals surface area contributed by atoms with Gasteiger partial charge in [-0.2, -0.15) is 0 Å². The SMILES string of the molecule is CCN(C(C)=O)c1nc(CNCCOC2CCCC2)cs1. The fraction of sp³-hybridized carbons (Fsp3) is 0.733. The van der Waals surface area contributed by atoms with Crippen LogP contribution in [0.1, 0.15) is 45.2 Å². The average Bonchev–Trinajstić information content (AvgIpc) is 3.11. The first-order valence-corrected chi connectivity index (χ1v) is 8.63. The van der Waals surface area contributed by atoms with E-state index in [4.69, 9.17) is 4.74 Å². The molecular formula is C15H25N3O2S. The van der Waals surface area contributed by atoms with Crippen LogP contribution in [-0.2, 0) is 16.1 Å². The normalized spacial score (nSPS) is 15.5. The summed E-state index contributed by atoms with van der Waals surface area (Å²) in [5.74, 6) is 0.0383. The highest BCUT2D eigenvalue weighted by Gasteiger charge is 2.15. The van der Waals surface area contributed by atoms with E-state index in [0.29, 0.717) is 12.6 Å². The molecule has 1 aromatic rings. The first-order chi connectivity index (χ1) is 10.2. The molecule has 1 saturated carbocycles. The zero-order valence-corrected chi connectivity index (χ0v) is 13.7. The van der Waals surface area contributed by atoms with E-state index in [0.717, 1.165) is 30.5 Å². The van der Waals surface area contributed by atoms with Gasteiger partial charge in [-0.1, -0.05) is 12.8 Å². The Morgan fingerprint density at radius 1 is 1.52 bits per heavy atom. The van der Waals surface area contributed by atoms with Crippen LogP contribution in [0.3, 0.4) is 0 Å². The van der Waals surface area contributed by atoms with Crippen molar-refractivity contribution in [2.24, 2.45) is 0 Å². The number of anilines is 1. The van der Waals surface area contributed by atoms with Gasteiger partial charge >= 0.3 is 0 Å². The lowest BCUT2D eigenvalue weighted by Crippen LogP contribution is -2.28. The molecule has 6 heteroatoms. The molecule has 0 bridgehead atoms. The second-order valence-electron chi connectivity index (χ2n) is 5.34. The van der Waals surface area contributed by atoms with Crippen molar-refractivity contribution in [3.05, 3.63) is 11.1 Å². The van der Waals surface area contributed by atoms with Crippen LogP contribution < -0.4 is 10.2 Å². The molecule has 1 aromatic heterocycles. The van der Waals surface area contributed by atoms with Crippen molar-refractivity contribution in [2.45, 2.75) is 52.2 Å². The Bertz CT molecular complexity index is 444. The summed E-state index contributed by atoms with van der Waals surface area (Å²) in [6.07, 6.45) is 5.53. The lowest BCUT2D eigenvalue weighted by atomic mass is 10.3. The molecule has 0 saturated heterocycles. The highest BCUT2D eigenvalue weighted by Crippen LogP contribution is 2.21. The monoisotopic (exact) mass is 311 g/mol. The largest absolute Gasteiger partial charge is 0.377 e. The zero-order valence-electron chi connectivity index (χ0n) is 12.9. The third kappa shape index (κ3) is 5.05. The van der Waals surface area contributed by atoms with Crippen molar-refractivity contribution in [3.63, 3.8) is 0 Å². The number of thiazole rings is 1. The molecule has 1 N–H and O–H groups in total. The summed E-state index contributed by atoms with van der Waals surface area (Å²) in [7, 11) is 0. The Labute approximate surface area is 130 Å². The van der Waals surface area contributed by atoms with Gasteiger partial charge in [-0.25, -0.2) is 4.98 Å². The Morgan fingerprint density at radius 2 is 2.29 bits per heavy atom. The maximum Gasteiger partial charge on any atom is 0.225 e. The average molecular weight is 311 g/mol. The summed E-state index contributed by atoms with van der Waals surface area (Å²) >= 11 is 1.52. The summed E-state index contributed by atoms with van der Waals surface area (Å²) < 4.78 is 5.80. The van der Waals surface area contributed by atoms with E-state index in [1.54, 1.807) is 11.8 Å². The fourth-order valence-electron chi connectivity index (χ4n) is 2.56. The van der Waals surface area contributed by atoms with E-state index < -0.39 is 0 Å². The molecule has 2 rings (SSSR count). The predicted molar refractivity (Wildman–Crippen MR) is 85.7 cm³/mol. The summed E-state index contributed by atoms with van der Waals surface area (Å²) in [6, 6.07) is 0. The summed E-state index contributed by atoms with van der Waals surface area (Å²) in [5, 5.41) is 6.13. The number of carbonyl (C=O) groups excluding carboxylic acids is 1. The highest BCUT2D eigenvalue weighted by molar-refractivity contribution is 7.14. The molecule has 1 heterocycles. The maximum atomic E-state index is 11.5. The molecular weight excluding hydrogens is 286 g/mol. The van der Waals surface area contributed by atoms with Gasteiger partial charge in [0.25, 0.3) is 0 Å². The first kappa shape index (κ1) is 16.4. The summed E-state index contributed by atoms with van der Waals surface area (Å²) in [6.45, 7) is 6.51. The number of hydrogen-bond acceptors (Lipinski definition) is 5. The van der Waals surface area contributed by atoms with Crippen LogP contribution in [0.2, 0.25) is 0 Å². The topological polar surface area (TPSA) is 54.5 Å². The molecule has 0 aromatic carbocycles. The van der Waals surface area contributed by atoms with Crippen molar-refractivity contribution < 1.29 is 9.53 Å². The second kappa shape index (κ2) is 8.46. The summed E-state index contributed by atoms with van der Waals surface area (Å²) in [5.41, 5.74) is 0.982. The van der Waals surface area contributed by atoms with Crippen LogP contribution in [0, 0.1) is 0 Å². The van der Waals surface area contributed by atoms with Crippen LogP contribution in [0.25, 0.3) is 0 Å². The minimum absolute atomic E-state index is 0.0383. The number of hydrogen-bond donors (Lipinski definition) is 1. The lowest BCUT2D eigenvalue weighted by Gasteiger charge is -2.14. The number of amides is 1. The molecule has 0 unspecified atom stereocenters. The molecule has 0 spiro atoms. The molecule has 21 heavy (non-hydrogen) atoms. The van der Waals surface area contributed by atoms with E-state index in [1.807, 2.05) is 12.3 Å². The third-order valence-electron chi connectivity index (χ3n) is 3.71. The van der Waals surface area contributed by atoms with Crippen LogP contribution in [-0.4, -0.2) is 36.7 Å². The number of aromatic nitrogens is 1. The first-order valence-electron chi connectivity index (χ1n) is 7.75. The molecule has 1 fully saturated rings. The standard InChI is InChI=1S/C15H25N3O2S/c1-3-18(12(2)19)15-17-13(11-21-15)10-16-8-9-20-14-6-4-5-7-14/h11,14,16H,3-10H2,1-2H3. The highest BCUT2D eigenvalue weighted by atomic mass is 32.1. The fourth-order valence-corrected chi connectivity index (χ4v) is 3.50. The number of carbonyl (C=O) groups is 1. The van der Waals surface area contributed by atoms with E-state index >= 15 is 0 Å². The quantitative estimate of drug-likeness (QED) is 0.750. The molecule has 118 valence electrons. The van der Waals surface area contributed by atoms with E-state index in [1.165, 1.54) is 37.0 Å². The van der Waals surface area contributed by atoms with E-state index in [2.05, 4.69) is 10.3 Å². The summed E-state index contributed by atoms with van der Waals surface area (Å²) in [4.78, 5) is 17.7. The van der Waals surface area contributed by atoms with Crippen LogP contribution in [0.4, 0.5) is 5.13 Å². The molecule has 0 atom stereocenters. The van der Waals surface area contributed by atoms with Gasteiger partial charge in [0.2, 0.25) is 5.91 Å². The Hall–Kier alpha value is -0.980. The molecule has 1 aliphatic carbocycles. The molecule has 1 amide bonds. The maximum absolute atomic E-state index is 11.5. The molecule has 0 radical (unpaired) electrons. The van der Waals surface area contributed by atoms with Gasteiger partial charge in [-0.15, -0.1) is 11.3 Å². The van der Waals surface area contributed by atoms with E-state index in [-0.39, 0.29) is 5.91 Å². The van der Waals surface area contributed by atoms with Crippen molar-refractivity contribution in [1.29, 1.82) is 0 Å². The second-order valence-corrected chi connectivity index (χ2v) is 6.18. The minimum atomic E-state index is 0.0383. The number of ether oxygens (including phenoxy) is 1. The van der Waals surface area contributed by atoms with Crippen molar-refractivity contribution in [2.75, 3.05) is 24.6 Å². The van der Waals surface area contributed by atoms with Crippen molar-refractivity contribution >= 4 is 22.4 Å². The van der Waals surface area contributed by atoms with Gasteiger partial charge in [0.1, 0.15) is 0 Å². The van der Waals surface area contributed by atoms with Gasteiger partial charge < -0.3 is 10.1 Å². The van der Waals surface area contributed by atoms with Crippen LogP contribution in [0.5, 0.6) is 0 Å². The molecule has 1 aliphatic rings. The minimum Gasteiger partial charge on any atom is -0.377 e. The van der Waals surface area contributed by atoms with Crippen molar-refractivity contribution in [1.82, 2.24) is 10.3 Å². The van der Waals surface area contributed by atoms with Gasteiger partial charge in [-0.3, -0.25) is 9.69 Å². The van der Waals surface area contributed by atoms with Gasteiger partial charge in [-0.05, 0) is 19.8 Å². The molecule has 5 nitrogen and oxygen atoms in total. The van der Waals surface area contributed by atoms with Gasteiger partial charge in [0, 0.05) is 31.9 Å². The number of nitrogens with one attached hydrogen (secondary N) is 1. The third-order valence-corrected chi connectivity index (χ3v) is 4.62. The Balaban J connectivity index is 1.66. The van der Waals surface area contributed by atoms with Gasteiger partial charge in [0.15, 0.2) is 5.13 Å². The van der Waals surface area contributed by atoms with Crippen molar-refractivity contribution in [3.8, 4) is 0 Å². The molecule has 0 aliphatic heterocycles. The zero-order chi connectivity index (χ0) is 15.1. The van der Waals surface area contributed by atoms with Crippen LogP contribution >= 0.6 is 11.3 Å². The predicted octanol–water partition coefficient (Wildman–Crippen LogP) is 2.56. The Kier molecular flexibility index (Phi) is 6.60. The lowest BCUT2D eigenvalue weighted by molar-refractivity contribution is -0.116. The smallest absolute Gasteiger partial charge is 0.225 e. The number of rotatable bonds is 8. The van der Waals surface area contributed by atoms with Gasteiger partial charge in [0.05, 0.1) is 18.4 Å². The van der Waals surface area contributed by atoms with Crippen LogP contribution in [0.15, 0.2) is 5.38 Å². The Morgan fingerprint density at radius 3 is 2.95 bits per heavy atom. The number of nitrogens with zero attached hydrogens (tertiary/aromatic N) is 2.